The van der Waals surface area contributed by atoms with Gasteiger partial charge in [-0.15, -0.1) is 0 Å². The topological polar surface area (TPSA) is 74.7 Å². The first-order valence-electron chi connectivity index (χ1n) is 6.61. The Morgan fingerprint density at radius 2 is 2.11 bits per heavy atom. The predicted octanol–water partition coefficient (Wildman–Crippen LogP) is 1.81. The van der Waals surface area contributed by atoms with Gasteiger partial charge in [-0.2, -0.15) is 0 Å². The number of amides is 2. The van der Waals surface area contributed by atoms with Crippen LogP contribution in [-0.2, 0) is 14.4 Å². The quantitative estimate of drug-likeness (QED) is 0.785. The second-order valence-electron chi connectivity index (χ2n) is 4.74. The fraction of sp³-hybridized carbons (Fsp3) is 0.769. The second kappa shape index (κ2) is 6.52. The lowest BCUT2D eigenvalue weighted by Crippen LogP contribution is -2.45. The summed E-state index contributed by atoms with van der Waals surface area (Å²) in [6.45, 7) is 3.94. The van der Waals surface area contributed by atoms with Crippen LogP contribution >= 0.6 is 0 Å². The van der Waals surface area contributed by atoms with Crippen LogP contribution in [0.5, 0.6) is 0 Å². The molecule has 1 heterocycles. The first-order valence-corrected chi connectivity index (χ1v) is 6.61. The third kappa shape index (κ3) is 3.09. The molecule has 0 aliphatic carbocycles. The first-order chi connectivity index (χ1) is 8.52. The van der Waals surface area contributed by atoms with Gasteiger partial charge in [-0.1, -0.05) is 26.7 Å². The van der Waals surface area contributed by atoms with Crippen LogP contribution in [0.1, 0.15) is 52.4 Å². The SMILES string of the molecule is CCCCC(CC)C(=O)N1C(=O)CC[C@H]1C(=O)O. The first kappa shape index (κ1) is 14.7. The average Bonchev–Trinajstić information content (AvgIpc) is 2.72. The summed E-state index contributed by atoms with van der Waals surface area (Å²) in [6, 6.07) is -0.958. The summed E-state index contributed by atoms with van der Waals surface area (Å²) >= 11 is 0. The van der Waals surface area contributed by atoms with Gasteiger partial charge in [-0.25, -0.2) is 4.79 Å². The average molecular weight is 255 g/mol. The van der Waals surface area contributed by atoms with Gasteiger partial charge in [0.05, 0.1) is 0 Å². The summed E-state index contributed by atoms with van der Waals surface area (Å²) in [7, 11) is 0. The molecule has 2 atom stereocenters. The van der Waals surface area contributed by atoms with Gasteiger partial charge in [0.25, 0.3) is 0 Å². The molecule has 18 heavy (non-hydrogen) atoms. The van der Waals surface area contributed by atoms with Crippen LogP contribution in [0, 0.1) is 5.92 Å². The van der Waals surface area contributed by atoms with Crippen molar-refractivity contribution in [1.29, 1.82) is 0 Å². The minimum atomic E-state index is -1.08. The molecule has 5 heteroatoms. The molecular weight excluding hydrogens is 234 g/mol. The summed E-state index contributed by atoms with van der Waals surface area (Å²) in [4.78, 5) is 35.9. The van der Waals surface area contributed by atoms with Gasteiger partial charge in [-0.3, -0.25) is 14.5 Å². The maximum atomic E-state index is 12.2. The van der Waals surface area contributed by atoms with Crippen LogP contribution in [-0.4, -0.2) is 33.8 Å². The summed E-state index contributed by atoms with van der Waals surface area (Å²) < 4.78 is 0. The number of nitrogens with zero attached hydrogens (tertiary/aromatic N) is 1. The van der Waals surface area contributed by atoms with E-state index in [1.807, 2.05) is 13.8 Å². The largest absolute Gasteiger partial charge is 0.480 e. The van der Waals surface area contributed by atoms with Crippen molar-refractivity contribution in [2.24, 2.45) is 5.92 Å². The molecule has 102 valence electrons. The number of hydrogen-bond donors (Lipinski definition) is 1. The minimum absolute atomic E-state index is 0.160. The lowest BCUT2D eigenvalue weighted by molar-refractivity contribution is -0.156. The number of likely N-dealkylation sites (tertiary alicyclic amines) is 1. The Labute approximate surface area is 107 Å². The van der Waals surface area contributed by atoms with Crippen LogP contribution in [0.2, 0.25) is 0 Å². The third-order valence-corrected chi connectivity index (χ3v) is 3.48. The van der Waals surface area contributed by atoms with Gasteiger partial charge >= 0.3 is 5.97 Å². The van der Waals surface area contributed by atoms with Gasteiger partial charge in [-0.05, 0) is 19.3 Å². The van der Waals surface area contributed by atoms with Gasteiger partial charge in [0.1, 0.15) is 6.04 Å². The van der Waals surface area contributed by atoms with Crippen molar-refractivity contribution < 1.29 is 19.5 Å². The Balaban J connectivity index is 2.78. The zero-order valence-electron chi connectivity index (χ0n) is 11.0. The minimum Gasteiger partial charge on any atom is -0.480 e. The highest BCUT2D eigenvalue weighted by Gasteiger charge is 2.41. The van der Waals surface area contributed by atoms with Crippen molar-refractivity contribution in [3.63, 3.8) is 0 Å². The zero-order chi connectivity index (χ0) is 13.7. The van der Waals surface area contributed by atoms with E-state index in [0.29, 0.717) is 6.42 Å². The highest BCUT2D eigenvalue weighted by molar-refractivity contribution is 6.02. The molecule has 1 aliphatic heterocycles. The number of carboxylic acid groups (broad SMARTS) is 1. The van der Waals surface area contributed by atoms with E-state index in [1.54, 1.807) is 0 Å². The van der Waals surface area contributed by atoms with Crippen LogP contribution < -0.4 is 0 Å². The van der Waals surface area contributed by atoms with Crippen molar-refractivity contribution in [1.82, 2.24) is 4.90 Å². The van der Waals surface area contributed by atoms with Crippen LogP contribution in [0.25, 0.3) is 0 Å². The van der Waals surface area contributed by atoms with Crippen molar-refractivity contribution in [2.75, 3.05) is 0 Å². The summed E-state index contributed by atoms with van der Waals surface area (Å²) in [6.07, 6.45) is 3.68. The molecule has 1 fully saturated rings. The Morgan fingerprint density at radius 1 is 1.44 bits per heavy atom. The van der Waals surface area contributed by atoms with E-state index in [4.69, 9.17) is 5.11 Å². The number of carbonyl (C=O) groups excluding carboxylic acids is 2. The van der Waals surface area contributed by atoms with Gasteiger partial charge in [0, 0.05) is 12.3 Å². The lowest BCUT2D eigenvalue weighted by Gasteiger charge is -2.24. The van der Waals surface area contributed by atoms with Crippen molar-refractivity contribution in [3.05, 3.63) is 0 Å². The van der Waals surface area contributed by atoms with E-state index >= 15 is 0 Å². The maximum absolute atomic E-state index is 12.2. The molecule has 0 aromatic carbocycles. The number of hydrogen-bond acceptors (Lipinski definition) is 3. The Hall–Kier alpha value is -1.39. The number of aliphatic carboxylic acids is 1. The molecule has 1 saturated heterocycles. The number of imide groups is 1. The predicted molar refractivity (Wildman–Crippen MR) is 65.8 cm³/mol. The van der Waals surface area contributed by atoms with Gasteiger partial charge < -0.3 is 5.11 Å². The van der Waals surface area contributed by atoms with Crippen LogP contribution in [0.15, 0.2) is 0 Å². The molecule has 0 spiro atoms. The molecule has 1 unspecified atom stereocenters. The zero-order valence-corrected chi connectivity index (χ0v) is 11.0. The van der Waals surface area contributed by atoms with Gasteiger partial charge in [0.15, 0.2) is 0 Å². The molecule has 0 aromatic rings. The maximum Gasteiger partial charge on any atom is 0.326 e. The summed E-state index contributed by atoms with van der Waals surface area (Å²) in [5.41, 5.74) is 0. The van der Waals surface area contributed by atoms with E-state index in [-0.39, 0.29) is 30.6 Å². The van der Waals surface area contributed by atoms with E-state index < -0.39 is 12.0 Å². The number of carbonyl (C=O) groups is 3. The highest BCUT2D eigenvalue weighted by Crippen LogP contribution is 2.24. The van der Waals surface area contributed by atoms with E-state index in [0.717, 1.165) is 24.2 Å². The highest BCUT2D eigenvalue weighted by atomic mass is 16.4. The Morgan fingerprint density at radius 3 is 2.61 bits per heavy atom. The molecule has 1 aliphatic rings. The normalized spacial score (nSPS) is 21.1. The standard InChI is InChI=1S/C13H21NO4/c1-3-5-6-9(4-2)12(16)14-10(13(17)18)7-8-11(14)15/h9-10H,3-8H2,1-2H3,(H,17,18)/t9?,10-/m0/s1. The molecule has 5 nitrogen and oxygen atoms in total. The summed E-state index contributed by atoms with van der Waals surface area (Å²) in [5.74, 6) is -1.96. The molecule has 0 bridgehead atoms. The number of unbranched alkanes of at least 4 members (excludes halogenated alkanes) is 1. The van der Waals surface area contributed by atoms with Crippen molar-refractivity contribution in [2.45, 2.75) is 58.4 Å². The molecule has 0 radical (unpaired) electrons. The Bertz CT molecular complexity index is 340. The molecule has 1 N–H and O–H groups in total. The van der Waals surface area contributed by atoms with E-state index in [2.05, 4.69) is 0 Å². The lowest BCUT2D eigenvalue weighted by atomic mass is 9.97. The smallest absolute Gasteiger partial charge is 0.326 e. The van der Waals surface area contributed by atoms with Crippen LogP contribution in [0.4, 0.5) is 0 Å². The van der Waals surface area contributed by atoms with Crippen LogP contribution in [0.3, 0.4) is 0 Å². The Kier molecular flexibility index (Phi) is 5.31. The molecule has 0 aromatic heterocycles. The van der Waals surface area contributed by atoms with Gasteiger partial charge in [0.2, 0.25) is 11.8 Å². The van der Waals surface area contributed by atoms with E-state index in [9.17, 15) is 14.4 Å². The molecule has 2 amide bonds. The summed E-state index contributed by atoms with van der Waals surface area (Å²) in [5, 5.41) is 9.03. The molecule has 1 rings (SSSR count). The van der Waals surface area contributed by atoms with E-state index in [1.165, 1.54) is 0 Å². The van der Waals surface area contributed by atoms with Crippen molar-refractivity contribution >= 4 is 17.8 Å². The molecular formula is C13H21NO4. The fourth-order valence-corrected chi connectivity index (χ4v) is 2.34. The molecule has 0 saturated carbocycles. The third-order valence-electron chi connectivity index (χ3n) is 3.48. The van der Waals surface area contributed by atoms with Crippen molar-refractivity contribution in [3.8, 4) is 0 Å². The fourth-order valence-electron chi connectivity index (χ4n) is 2.34. The number of carboxylic acids is 1. The number of rotatable bonds is 6. The second-order valence-corrected chi connectivity index (χ2v) is 4.74. The monoisotopic (exact) mass is 255 g/mol.